The molecule has 0 N–H and O–H groups in total. The number of benzene rings is 3. The van der Waals surface area contributed by atoms with Crippen molar-refractivity contribution in [3.05, 3.63) is 81.7 Å². The number of hydrogen-bond acceptors (Lipinski definition) is 8. The Morgan fingerprint density at radius 2 is 1.39 bits per heavy atom. The average Bonchev–Trinajstić information content (AvgIpc) is 2.92. The normalized spacial score (nSPS) is 11.3. The molecule has 4 rings (SSSR count). The second kappa shape index (κ2) is 12.2. The summed E-state index contributed by atoms with van der Waals surface area (Å²) < 4.78 is 74.4. The molecule has 0 fully saturated rings. The van der Waals surface area contributed by atoms with Crippen molar-refractivity contribution in [3.63, 3.8) is 0 Å². The number of esters is 1. The topological polar surface area (TPSA) is 93.4 Å². The molecule has 41 heavy (non-hydrogen) atoms. The van der Waals surface area contributed by atoms with Gasteiger partial charge in [0.15, 0.2) is 11.5 Å². The van der Waals surface area contributed by atoms with Gasteiger partial charge in [0, 0.05) is 6.07 Å². The second-order valence-corrected chi connectivity index (χ2v) is 8.65. The van der Waals surface area contributed by atoms with Crippen LogP contribution in [0.25, 0.3) is 11.0 Å². The fourth-order valence-electron chi connectivity index (χ4n) is 3.90. The van der Waals surface area contributed by atoms with Crippen molar-refractivity contribution in [3.8, 4) is 34.5 Å². The Kier molecular flexibility index (Phi) is 8.75. The molecule has 3 aromatic carbocycles. The maximum atomic E-state index is 13.9. The van der Waals surface area contributed by atoms with Gasteiger partial charge in [-0.2, -0.15) is 13.2 Å². The maximum absolute atomic E-state index is 13.9. The SMILES string of the molecule is CCOc1cc(C(=O)Oc2ccc3c(=O)c(Oc4ccc(C)cc4)c(C(F)(F)F)oc3c2)cc(OCC)c1OCC. The number of ether oxygens (including phenoxy) is 5. The molecular formula is C30H27F3O8. The highest BCUT2D eigenvalue weighted by Gasteiger charge is 2.40. The van der Waals surface area contributed by atoms with Crippen molar-refractivity contribution >= 4 is 16.9 Å². The molecule has 8 nitrogen and oxygen atoms in total. The van der Waals surface area contributed by atoms with Gasteiger partial charge in [-0.05, 0) is 64.1 Å². The van der Waals surface area contributed by atoms with Gasteiger partial charge in [-0.1, -0.05) is 17.7 Å². The lowest BCUT2D eigenvalue weighted by molar-refractivity contribution is -0.154. The Morgan fingerprint density at radius 3 is 1.95 bits per heavy atom. The third-order valence-corrected chi connectivity index (χ3v) is 5.68. The second-order valence-electron chi connectivity index (χ2n) is 8.65. The van der Waals surface area contributed by atoms with Crippen LogP contribution in [0.2, 0.25) is 0 Å². The van der Waals surface area contributed by atoms with Gasteiger partial charge in [0.2, 0.25) is 16.9 Å². The Balaban J connectivity index is 1.72. The van der Waals surface area contributed by atoms with Crippen molar-refractivity contribution < 1.29 is 46.1 Å². The molecule has 0 radical (unpaired) electrons. The highest BCUT2D eigenvalue weighted by Crippen LogP contribution is 2.40. The first-order valence-electron chi connectivity index (χ1n) is 12.8. The summed E-state index contributed by atoms with van der Waals surface area (Å²) >= 11 is 0. The lowest BCUT2D eigenvalue weighted by Gasteiger charge is -2.17. The number of rotatable bonds is 10. The van der Waals surface area contributed by atoms with E-state index < -0.39 is 34.7 Å². The van der Waals surface area contributed by atoms with E-state index in [1.807, 2.05) is 0 Å². The third kappa shape index (κ3) is 6.56. The molecule has 216 valence electrons. The summed E-state index contributed by atoms with van der Waals surface area (Å²) in [5.74, 6) is -2.76. The van der Waals surface area contributed by atoms with Crippen molar-refractivity contribution in [2.45, 2.75) is 33.9 Å². The van der Waals surface area contributed by atoms with Gasteiger partial charge in [0.1, 0.15) is 17.1 Å². The van der Waals surface area contributed by atoms with Crippen LogP contribution >= 0.6 is 0 Å². The minimum atomic E-state index is -5.05. The predicted molar refractivity (Wildman–Crippen MR) is 144 cm³/mol. The van der Waals surface area contributed by atoms with Crippen molar-refractivity contribution in [2.75, 3.05) is 19.8 Å². The molecule has 4 aromatic rings. The van der Waals surface area contributed by atoms with E-state index in [9.17, 15) is 22.8 Å². The number of carbonyl (C=O) groups excluding carboxylic acids is 1. The first-order chi connectivity index (χ1) is 19.5. The van der Waals surface area contributed by atoms with E-state index in [2.05, 4.69) is 0 Å². The van der Waals surface area contributed by atoms with E-state index in [1.54, 1.807) is 39.8 Å². The van der Waals surface area contributed by atoms with Crippen LogP contribution in [-0.4, -0.2) is 25.8 Å². The minimum absolute atomic E-state index is 0.0338. The van der Waals surface area contributed by atoms with Crippen LogP contribution in [0.1, 0.15) is 42.5 Å². The molecule has 0 spiro atoms. The average molecular weight is 573 g/mol. The van der Waals surface area contributed by atoms with Crippen molar-refractivity contribution in [1.29, 1.82) is 0 Å². The molecule has 0 bridgehead atoms. The molecule has 11 heteroatoms. The lowest BCUT2D eigenvalue weighted by atomic mass is 10.1. The molecule has 0 unspecified atom stereocenters. The molecule has 1 heterocycles. The zero-order valence-electron chi connectivity index (χ0n) is 22.7. The molecule has 0 saturated carbocycles. The molecule has 0 amide bonds. The van der Waals surface area contributed by atoms with E-state index >= 15 is 0 Å². The molecule has 0 saturated heterocycles. The monoisotopic (exact) mass is 572 g/mol. The first kappa shape index (κ1) is 29.3. The predicted octanol–water partition coefficient (Wildman–Crippen LogP) is 7.33. The van der Waals surface area contributed by atoms with Crippen LogP contribution in [0.3, 0.4) is 0 Å². The number of halogens is 3. The van der Waals surface area contributed by atoms with Gasteiger partial charge >= 0.3 is 12.1 Å². The van der Waals surface area contributed by atoms with E-state index in [4.69, 9.17) is 28.1 Å². The number of alkyl halides is 3. The fourth-order valence-corrected chi connectivity index (χ4v) is 3.90. The Labute approximate surface area is 233 Å². The zero-order chi connectivity index (χ0) is 29.7. The van der Waals surface area contributed by atoms with Gasteiger partial charge in [0.25, 0.3) is 5.76 Å². The largest absolute Gasteiger partial charge is 0.490 e. The molecule has 0 aliphatic rings. The van der Waals surface area contributed by atoms with Crippen LogP contribution in [0.15, 0.2) is 63.8 Å². The fraction of sp³-hybridized carbons (Fsp3) is 0.267. The van der Waals surface area contributed by atoms with Crippen molar-refractivity contribution in [2.24, 2.45) is 0 Å². The standard InChI is InChI=1S/C30H27F3O8/c1-5-36-23-14-18(15-24(37-6-2)26(23)38-7-3)29(35)40-20-12-13-21-22(16-20)41-28(30(31,32)33)27(25(21)34)39-19-10-8-17(4)9-11-19/h8-16H,5-7H2,1-4H3. The first-order valence-corrected chi connectivity index (χ1v) is 12.8. The maximum Gasteiger partial charge on any atom is 0.453 e. The van der Waals surface area contributed by atoms with Crippen LogP contribution in [0.4, 0.5) is 13.2 Å². The number of fused-ring (bicyclic) bond motifs is 1. The molecule has 1 aromatic heterocycles. The highest BCUT2D eigenvalue weighted by atomic mass is 19.4. The molecule has 0 aliphatic heterocycles. The number of carbonyl (C=O) groups is 1. The summed E-state index contributed by atoms with van der Waals surface area (Å²) in [6.45, 7) is 7.99. The van der Waals surface area contributed by atoms with Crippen LogP contribution in [0, 0.1) is 6.92 Å². The van der Waals surface area contributed by atoms with Crippen LogP contribution < -0.4 is 29.1 Å². The van der Waals surface area contributed by atoms with Crippen LogP contribution in [-0.2, 0) is 6.18 Å². The van der Waals surface area contributed by atoms with Crippen molar-refractivity contribution in [1.82, 2.24) is 0 Å². The van der Waals surface area contributed by atoms with E-state index in [0.717, 1.165) is 11.6 Å². The summed E-state index contributed by atoms with van der Waals surface area (Å²) in [6, 6.07) is 12.5. The van der Waals surface area contributed by atoms with Gasteiger partial charge in [0.05, 0.1) is 30.8 Å². The summed E-state index contributed by atoms with van der Waals surface area (Å²) in [6.07, 6.45) is -5.05. The van der Waals surface area contributed by atoms with Gasteiger partial charge < -0.3 is 28.1 Å². The zero-order valence-corrected chi connectivity index (χ0v) is 22.7. The number of aryl methyl sites for hydroxylation is 1. The Bertz CT molecular complexity index is 1580. The van der Waals surface area contributed by atoms with E-state index in [1.165, 1.54) is 36.4 Å². The Morgan fingerprint density at radius 1 is 0.805 bits per heavy atom. The highest BCUT2D eigenvalue weighted by molar-refractivity contribution is 5.93. The smallest absolute Gasteiger partial charge is 0.453 e. The molecule has 0 aliphatic carbocycles. The Hall–Kier alpha value is -4.67. The van der Waals surface area contributed by atoms with E-state index in [0.29, 0.717) is 12.4 Å². The third-order valence-electron chi connectivity index (χ3n) is 5.68. The number of hydrogen-bond donors (Lipinski definition) is 0. The summed E-state index contributed by atoms with van der Waals surface area (Å²) in [4.78, 5) is 26.1. The summed E-state index contributed by atoms with van der Waals surface area (Å²) in [7, 11) is 0. The van der Waals surface area contributed by atoms with Gasteiger partial charge in [-0.15, -0.1) is 0 Å². The quantitative estimate of drug-likeness (QED) is 0.144. The summed E-state index contributed by atoms with van der Waals surface area (Å²) in [5.41, 5.74) is -0.582. The lowest BCUT2D eigenvalue weighted by Crippen LogP contribution is -2.15. The summed E-state index contributed by atoms with van der Waals surface area (Å²) in [5, 5.41) is -0.196. The minimum Gasteiger partial charge on any atom is -0.490 e. The molecule has 0 atom stereocenters. The van der Waals surface area contributed by atoms with E-state index in [-0.39, 0.29) is 47.2 Å². The van der Waals surface area contributed by atoms with Gasteiger partial charge in [-0.25, -0.2) is 4.79 Å². The molecular weight excluding hydrogens is 545 g/mol. The van der Waals surface area contributed by atoms with Gasteiger partial charge in [-0.3, -0.25) is 4.79 Å². The van der Waals surface area contributed by atoms with Crippen LogP contribution in [0.5, 0.6) is 34.5 Å².